The smallest absolute Gasteiger partial charge is 0.119 e. The van der Waals surface area contributed by atoms with Gasteiger partial charge >= 0.3 is 0 Å². The molecule has 92 valence electrons. The average Bonchev–Trinajstić information content (AvgIpc) is 2.83. The molecule has 17 heavy (non-hydrogen) atoms. The zero-order chi connectivity index (χ0) is 22.4. The van der Waals surface area contributed by atoms with Gasteiger partial charge in [-0.1, -0.05) is 0 Å². The van der Waals surface area contributed by atoms with Crippen molar-refractivity contribution in [2.75, 3.05) is 21.0 Å². The van der Waals surface area contributed by atoms with Gasteiger partial charge in [0.15, 0.2) is 0 Å². The molecule has 0 aliphatic rings. The molecule has 1 heterocycles. The van der Waals surface area contributed by atoms with E-state index in [1.165, 1.54) is 29.0 Å². The molecule has 0 saturated heterocycles. The molecule has 0 fully saturated rings. The summed E-state index contributed by atoms with van der Waals surface area (Å²) < 4.78 is 96.0. The molecule has 0 unspecified atom stereocenters. The van der Waals surface area contributed by atoms with Crippen LogP contribution in [0.2, 0.25) is 0 Å². The van der Waals surface area contributed by atoms with E-state index < -0.39 is 40.4 Å². The van der Waals surface area contributed by atoms with Crippen LogP contribution in [0.25, 0.3) is 10.9 Å². The summed E-state index contributed by atoms with van der Waals surface area (Å²) in [4.78, 5) is 0.0605. The summed E-state index contributed by atoms with van der Waals surface area (Å²) in [6.45, 7) is -9.65. The highest BCUT2D eigenvalue weighted by molar-refractivity contribution is 5.81. The Morgan fingerprint density at radius 3 is 3.12 bits per heavy atom. The van der Waals surface area contributed by atoms with Crippen molar-refractivity contribution in [2.45, 2.75) is 19.4 Å². The molecule has 3 heteroatoms. The van der Waals surface area contributed by atoms with Gasteiger partial charge in [-0.25, -0.2) is 0 Å². The number of hydrogen-bond acceptors (Lipinski definition) is 2. The molecule has 1 aromatic heterocycles. The van der Waals surface area contributed by atoms with Crippen molar-refractivity contribution in [3.8, 4) is 5.75 Å². The van der Waals surface area contributed by atoms with Crippen molar-refractivity contribution < 1.29 is 21.2 Å². The summed E-state index contributed by atoms with van der Waals surface area (Å²) in [6, 6.07) is 4.04. The van der Waals surface area contributed by atoms with Crippen LogP contribution in [-0.2, 0) is 6.54 Å². The van der Waals surface area contributed by atoms with Crippen molar-refractivity contribution in [1.29, 1.82) is 0 Å². The number of likely N-dealkylation sites (N-methyl/N-ethyl adjacent to an activating group) is 1. The van der Waals surface area contributed by atoms with Crippen LogP contribution in [0.5, 0.6) is 5.75 Å². The molecular weight excluding hydrogens is 212 g/mol. The number of ether oxygens (including phenoxy) is 1. The van der Waals surface area contributed by atoms with Crippen molar-refractivity contribution in [3.63, 3.8) is 0 Å². The first-order chi connectivity index (χ1) is 12.9. The van der Waals surface area contributed by atoms with Crippen molar-refractivity contribution in [3.05, 3.63) is 30.5 Å². The van der Waals surface area contributed by atoms with Crippen LogP contribution in [-0.4, -0.2) is 36.5 Å². The monoisotopic (exact) mass is 244 g/mol. The average molecular weight is 244 g/mol. The predicted molar refractivity (Wildman–Crippen MR) is 71.6 cm³/mol. The molecule has 1 atom stereocenters. The van der Waals surface area contributed by atoms with Crippen molar-refractivity contribution in [2.24, 2.45) is 0 Å². The van der Waals surface area contributed by atoms with E-state index in [1.54, 1.807) is 6.07 Å². The molecule has 0 spiro atoms. The Morgan fingerprint density at radius 2 is 2.35 bits per heavy atom. The van der Waals surface area contributed by atoms with Gasteiger partial charge in [-0.15, -0.1) is 0 Å². The van der Waals surface area contributed by atoms with Crippen molar-refractivity contribution >= 4 is 10.9 Å². The molecule has 0 aliphatic heterocycles. The van der Waals surface area contributed by atoms with Gasteiger partial charge in [0.25, 0.3) is 0 Å². The first-order valence-electron chi connectivity index (χ1n) is 11.0. The fourth-order valence-electron chi connectivity index (χ4n) is 1.67. The minimum Gasteiger partial charge on any atom is -0.497 e. The molecule has 3 nitrogen and oxygen atoms in total. The Morgan fingerprint density at radius 1 is 1.41 bits per heavy atom. The topological polar surface area (TPSA) is 17.4 Å². The fourth-order valence-corrected chi connectivity index (χ4v) is 1.67. The van der Waals surface area contributed by atoms with E-state index in [9.17, 15) is 0 Å². The molecule has 0 bridgehead atoms. The standard InChI is InChI=1S/C14H20N2O/c1-11(15(2)3)10-16-8-7-12-9-13(17-4)5-6-14(12)16/h5-9,11H,10H2,1-4H3/t11-/m0/s1/i1D3,2D3,3D3,4D3. The lowest BCUT2D eigenvalue weighted by molar-refractivity contribution is 0.286. The summed E-state index contributed by atoms with van der Waals surface area (Å²) in [6.07, 6.45) is 1.47. The Bertz CT molecular complexity index is 831. The molecule has 0 N–H and O–H groups in total. The summed E-state index contributed by atoms with van der Waals surface area (Å²) in [5, 5.41) is 0.519. The highest BCUT2D eigenvalue weighted by atomic mass is 16.5. The second-order valence-electron chi connectivity index (χ2n) is 3.68. The van der Waals surface area contributed by atoms with Gasteiger partial charge in [0.2, 0.25) is 0 Å². The van der Waals surface area contributed by atoms with Gasteiger partial charge in [-0.2, -0.15) is 0 Å². The molecular formula is C14H20N2O. The molecule has 0 radical (unpaired) electrons. The van der Waals surface area contributed by atoms with E-state index in [0.29, 0.717) is 10.9 Å². The van der Waals surface area contributed by atoms with E-state index in [0.717, 1.165) is 0 Å². The maximum Gasteiger partial charge on any atom is 0.119 e. The van der Waals surface area contributed by atoms with E-state index in [-0.39, 0.29) is 10.6 Å². The highest BCUT2D eigenvalue weighted by Crippen LogP contribution is 2.22. The number of hydrogen-bond donors (Lipinski definition) is 0. The molecule has 0 saturated carbocycles. The lowest BCUT2D eigenvalue weighted by Crippen LogP contribution is -2.28. The van der Waals surface area contributed by atoms with Gasteiger partial charge in [-0.3, -0.25) is 0 Å². The number of aromatic nitrogens is 1. The second kappa shape index (κ2) is 4.80. The molecule has 2 rings (SSSR count). The highest BCUT2D eigenvalue weighted by Gasteiger charge is 2.08. The van der Waals surface area contributed by atoms with Crippen molar-refractivity contribution in [1.82, 2.24) is 9.47 Å². The van der Waals surface area contributed by atoms with E-state index >= 15 is 0 Å². The van der Waals surface area contributed by atoms with Crippen LogP contribution in [0.15, 0.2) is 30.5 Å². The maximum atomic E-state index is 7.72. The van der Waals surface area contributed by atoms with Gasteiger partial charge < -0.3 is 14.2 Å². The van der Waals surface area contributed by atoms with Gasteiger partial charge in [0, 0.05) is 42.0 Å². The third kappa shape index (κ3) is 2.44. The zero-order valence-electron chi connectivity index (χ0n) is 21.0. The van der Waals surface area contributed by atoms with E-state index in [4.69, 9.17) is 21.2 Å². The normalized spacial score (nSPS) is 26.6. The Balaban J connectivity index is 2.45. The lowest BCUT2D eigenvalue weighted by Gasteiger charge is -2.20. The lowest BCUT2D eigenvalue weighted by atomic mass is 10.2. The SMILES string of the molecule is [2H]C([2H])([2H])Oc1ccc2c(ccn2C[C@@H](N(C([2H])([2H])[2H])C([2H])([2H])[2H])C([2H])([2H])[2H])c1. The number of nitrogens with zero attached hydrogens (tertiary/aromatic N) is 2. The first-order valence-corrected chi connectivity index (χ1v) is 4.97. The van der Waals surface area contributed by atoms with Crippen LogP contribution >= 0.6 is 0 Å². The second-order valence-corrected chi connectivity index (χ2v) is 3.68. The Labute approximate surface area is 119 Å². The van der Waals surface area contributed by atoms with Crippen LogP contribution in [0, 0.1) is 0 Å². The quantitative estimate of drug-likeness (QED) is 0.822. The fraction of sp³-hybridized carbons (Fsp3) is 0.429. The summed E-state index contributed by atoms with van der Waals surface area (Å²) in [5.41, 5.74) is 0.466. The van der Waals surface area contributed by atoms with Gasteiger partial charge in [0.05, 0.1) is 11.2 Å². The number of rotatable bonds is 4. The van der Waals surface area contributed by atoms with Gasteiger partial charge in [-0.05, 0) is 45.1 Å². The number of benzene rings is 1. The number of methoxy groups -OCH3 is 1. The van der Waals surface area contributed by atoms with Crippen LogP contribution in [0.1, 0.15) is 23.3 Å². The van der Waals surface area contributed by atoms with Crippen LogP contribution < -0.4 is 4.74 Å². The predicted octanol–water partition coefficient (Wildman–Crippen LogP) is 2.60. The largest absolute Gasteiger partial charge is 0.497 e. The molecule has 1 aromatic carbocycles. The Hall–Kier alpha value is -1.48. The summed E-state index contributed by atoms with van der Waals surface area (Å²) >= 11 is 0. The Kier molecular flexibility index (Phi) is 1.14. The summed E-state index contributed by atoms with van der Waals surface area (Å²) in [7, 11) is -2.64. The number of fused-ring (bicyclic) bond motifs is 1. The third-order valence-electron chi connectivity index (χ3n) is 2.54. The third-order valence-corrected chi connectivity index (χ3v) is 2.54. The summed E-state index contributed by atoms with van der Waals surface area (Å²) in [5.74, 6) is 0.0780. The first kappa shape index (κ1) is 4.02. The molecule has 0 aliphatic carbocycles. The van der Waals surface area contributed by atoms with Gasteiger partial charge in [0.1, 0.15) is 5.75 Å². The minimum atomic E-state index is -3.16. The van der Waals surface area contributed by atoms with Crippen LogP contribution in [0.4, 0.5) is 0 Å². The van der Waals surface area contributed by atoms with E-state index in [2.05, 4.69) is 0 Å². The molecule has 2 aromatic rings. The minimum absolute atomic E-state index is 0.0605. The van der Waals surface area contributed by atoms with Crippen LogP contribution in [0.3, 0.4) is 0 Å². The maximum absolute atomic E-state index is 7.72. The zero-order valence-corrected chi connectivity index (χ0v) is 8.97. The van der Waals surface area contributed by atoms with E-state index in [1.807, 2.05) is 0 Å². The molecule has 0 amide bonds.